The maximum atomic E-state index is 3.70. The molecule has 0 spiro atoms. The van der Waals surface area contributed by atoms with Crippen molar-refractivity contribution in [3.05, 3.63) is 28.2 Å². The monoisotopic (exact) mass is 340 g/mol. The summed E-state index contributed by atoms with van der Waals surface area (Å²) >= 11 is 3.70. The van der Waals surface area contributed by atoms with Crippen molar-refractivity contribution in [3.63, 3.8) is 0 Å². The molecule has 0 amide bonds. The second-order valence-corrected chi connectivity index (χ2v) is 7.36. The van der Waals surface area contributed by atoms with E-state index in [0.29, 0.717) is 0 Å². The lowest BCUT2D eigenvalue weighted by Crippen LogP contribution is -2.35. The summed E-state index contributed by atoms with van der Waals surface area (Å²) in [6.07, 6.45) is 3.84. The number of benzene rings is 1. The molecule has 1 rings (SSSR count). The van der Waals surface area contributed by atoms with Crippen molar-refractivity contribution < 1.29 is 0 Å². The molecule has 0 aromatic heterocycles. The lowest BCUT2D eigenvalue weighted by atomic mass is 10.1. The van der Waals surface area contributed by atoms with E-state index in [1.807, 2.05) is 0 Å². The third-order valence-electron chi connectivity index (χ3n) is 3.38. The molecule has 0 radical (unpaired) electrons. The Bertz CT molecular complexity index is 410. The Kier molecular flexibility index (Phi) is 7.04. The van der Waals surface area contributed by atoms with Crippen molar-refractivity contribution in [1.29, 1.82) is 0 Å². The fourth-order valence-corrected chi connectivity index (χ4v) is 2.51. The minimum atomic E-state index is 0.148. The molecule has 0 unspecified atom stereocenters. The quantitative estimate of drug-likeness (QED) is 0.705. The highest BCUT2D eigenvalue weighted by molar-refractivity contribution is 9.10. The summed E-state index contributed by atoms with van der Waals surface area (Å²) in [5.41, 5.74) is 2.74. The standard InChI is InChI=1S/C17H29BrN2/c1-6-7-8-11-20(5)15-10-9-14(16(18)12-15)13-19-17(2,3)4/h9-10,12,19H,6-8,11,13H2,1-5H3. The fourth-order valence-electron chi connectivity index (χ4n) is 2.01. The first-order valence-corrected chi connectivity index (χ1v) is 8.37. The maximum Gasteiger partial charge on any atom is 0.0375 e. The first-order valence-electron chi connectivity index (χ1n) is 7.58. The van der Waals surface area contributed by atoms with Crippen molar-refractivity contribution in [1.82, 2.24) is 5.32 Å². The lowest BCUT2D eigenvalue weighted by molar-refractivity contribution is 0.424. The normalized spacial score (nSPS) is 11.7. The minimum absolute atomic E-state index is 0.148. The van der Waals surface area contributed by atoms with Gasteiger partial charge in [-0.25, -0.2) is 0 Å². The summed E-state index contributed by atoms with van der Waals surface area (Å²) in [5.74, 6) is 0. The van der Waals surface area contributed by atoms with Gasteiger partial charge >= 0.3 is 0 Å². The number of hydrogen-bond acceptors (Lipinski definition) is 2. The smallest absolute Gasteiger partial charge is 0.0375 e. The van der Waals surface area contributed by atoms with Crippen LogP contribution in [0, 0.1) is 0 Å². The van der Waals surface area contributed by atoms with Crippen molar-refractivity contribution >= 4 is 21.6 Å². The zero-order chi connectivity index (χ0) is 15.2. The van der Waals surface area contributed by atoms with Gasteiger partial charge in [0.1, 0.15) is 0 Å². The van der Waals surface area contributed by atoms with Crippen LogP contribution in [0.5, 0.6) is 0 Å². The Balaban J connectivity index is 2.62. The van der Waals surface area contributed by atoms with Crippen LogP contribution in [0.1, 0.15) is 52.5 Å². The Morgan fingerprint density at radius 1 is 1.20 bits per heavy atom. The number of halogens is 1. The summed E-state index contributed by atoms with van der Waals surface area (Å²) in [6, 6.07) is 6.66. The predicted octanol–water partition coefficient (Wildman–Crippen LogP) is 4.96. The molecule has 0 saturated heterocycles. The zero-order valence-electron chi connectivity index (χ0n) is 13.6. The average Bonchev–Trinajstić information content (AvgIpc) is 2.36. The molecule has 3 heteroatoms. The number of anilines is 1. The van der Waals surface area contributed by atoms with E-state index in [9.17, 15) is 0 Å². The number of unbranched alkanes of at least 4 members (excludes halogenated alkanes) is 2. The molecule has 20 heavy (non-hydrogen) atoms. The molecule has 1 aromatic carbocycles. The molecule has 2 nitrogen and oxygen atoms in total. The highest BCUT2D eigenvalue weighted by Crippen LogP contribution is 2.24. The van der Waals surface area contributed by atoms with Gasteiger partial charge in [0.05, 0.1) is 0 Å². The molecule has 0 aliphatic heterocycles. The largest absolute Gasteiger partial charge is 0.375 e. The van der Waals surface area contributed by atoms with Gasteiger partial charge in [-0.3, -0.25) is 0 Å². The summed E-state index contributed by atoms with van der Waals surface area (Å²) in [7, 11) is 2.17. The van der Waals surface area contributed by atoms with Crippen LogP contribution < -0.4 is 10.2 Å². The summed E-state index contributed by atoms with van der Waals surface area (Å²) in [4.78, 5) is 2.33. The van der Waals surface area contributed by atoms with Crippen molar-refractivity contribution in [2.75, 3.05) is 18.5 Å². The molecule has 0 aliphatic rings. The Morgan fingerprint density at radius 2 is 1.90 bits per heavy atom. The first-order chi connectivity index (χ1) is 9.33. The van der Waals surface area contributed by atoms with E-state index in [2.05, 4.69) is 79.1 Å². The number of hydrogen-bond donors (Lipinski definition) is 1. The third kappa shape index (κ3) is 6.27. The number of nitrogens with zero attached hydrogens (tertiary/aromatic N) is 1. The molecular weight excluding hydrogens is 312 g/mol. The highest BCUT2D eigenvalue weighted by atomic mass is 79.9. The van der Waals surface area contributed by atoms with Crippen molar-refractivity contribution in [2.24, 2.45) is 0 Å². The van der Waals surface area contributed by atoms with Gasteiger partial charge in [-0.1, -0.05) is 41.8 Å². The van der Waals surface area contributed by atoms with Gasteiger partial charge in [-0.05, 0) is 44.9 Å². The molecular formula is C17H29BrN2. The fraction of sp³-hybridized carbons (Fsp3) is 0.647. The van der Waals surface area contributed by atoms with Crippen LogP contribution in [-0.4, -0.2) is 19.1 Å². The van der Waals surface area contributed by atoms with Crippen LogP contribution in [-0.2, 0) is 6.54 Å². The van der Waals surface area contributed by atoms with Crippen LogP contribution in [0.2, 0.25) is 0 Å². The molecule has 0 bridgehead atoms. The van der Waals surface area contributed by atoms with Crippen LogP contribution in [0.15, 0.2) is 22.7 Å². The van der Waals surface area contributed by atoms with E-state index in [0.717, 1.165) is 13.1 Å². The van der Waals surface area contributed by atoms with E-state index < -0.39 is 0 Å². The van der Waals surface area contributed by atoms with Gasteiger partial charge in [-0.2, -0.15) is 0 Å². The molecule has 1 aromatic rings. The SMILES string of the molecule is CCCCCN(C)c1ccc(CNC(C)(C)C)c(Br)c1. The molecule has 0 heterocycles. The lowest BCUT2D eigenvalue weighted by Gasteiger charge is -2.23. The first kappa shape index (κ1) is 17.5. The van der Waals surface area contributed by atoms with Gasteiger partial charge in [0.2, 0.25) is 0 Å². The topological polar surface area (TPSA) is 15.3 Å². The van der Waals surface area contributed by atoms with Crippen molar-refractivity contribution in [3.8, 4) is 0 Å². The highest BCUT2D eigenvalue weighted by Gasteiger charge is 2.10. The van der Waals surface area contributed by atoms with E-state index in [1.165, 1.54) is 35.0 Å². The second kappa shape index (κ2) is 8.04. The summed E-state index contributed by atoms with van der Waals surface area (Å²) in [5, 5.41) is 3.53. The minimum Gasteiger partial charge on any atom is -0.375 e. The summed E-state index contributed by atoms with van der Waals surface area (Å²) < 4.78 is 1.19. The zero-order valence-corrected chi connectivity index (χ0v) is 15.2. The van der Waals surface area contributed by atoms with Crippen LogP contribution in [0.25, 0.3) is 0 Å². The van der Waals surface area contributed by atoms with E-state index in [1.54, 1.807) is 0 Å². The van der Waals surface area contributed by atoms with E-state index in [-0.39, 0.29) is 5.54 Å². The molecule has 0 aliphatic carbocycles. The second-order valence-electron chi connectivity index (χ2n) is 6.51. The molecule has 0 atom stereocenters. The molecule has 114 valence electrons. The Labute approximate surface area is 133 Å². The van der Waals surface area contributed by atoms with Gasteiger partial charge in [-0.15, -0.1) is 0 Å². The van der Waals surface area contributed by atoms with Gasteiger partial charge in [0.15, 0.2) is 0 Å². The Hall–Kier alpha value is -0.540. The molecule has 0 saturated carbocycles. The van der Waals surface area contributed by atoms with Crippen LogP contribution in [0.3, 0.4) is 0 Å². The van der Waals surface area contributed by atoms with E-state index in [4.69, 9.17) is 0 Å². The molecule has 0 fully saturated rings. The van der Waals surface area contributed by atoms with Crippen LogP contribution >= 0.6 is 15.9 Å². The predicted molar refractivity (Wildman–Crippen MR) is 93.5 cm³/mol. The van der Waals surface area contributed by atoms with Gasteiger partial charge in [0, 0.05) is 35.8 Å². The average molecular weight is 341 g/mol. The third-order valence-corrected chi connectivity index (χ3v) is 4.12. The van der Waals surface area contributed by atoms with Crippen molar-refractivity contribution in [2.45, 2.75) is 59.0 Å². The maximum absolute atomic E-state index is 3.70. The number of nitrogens with one attached hydrogen (secondary N) is 1. The van der Waals surface area contributed by atoms with Crippen LogP contribution in [0.4, 0.5) is 5.69 Å². The van der Waals surface area contributed by atoms with Gasteiger partial charge < -0.3 is 10.2 Å². The van der Waals surface area contributed by atoms with E-state index >= 15 is 0 Å². The Morgan fingerprint density at radius 3 is 2.45 bits per heavy atom. The number of rotatable bonds is 7. The summed E-state index contributed by atoms with van der Waals surface area (Å²) in [6.45, 7) is 10.8. The van der Waals surface area contributed by atoms with Gasteiger partial charge in [0.25, 0.3) is 0 Å². The molecule has 1 N–H and O–H groups in total.